The van der Waals surface area contributed by atoms with Crippen LogP contribution in [0.4, 0.5) is 0 Å². The monoisotopic (exact) mass is 364 g/mol. The van der Waals surface area contributed by atoms with Crippen LogP contribution in [0.3, 0.4) is 0 Å². The first-order chi connectivity index (χ1) is 11.7. The summed E-state index contributed by atoms with van der Waals surface area (Å²) in [7, 11) is -1.87. The number of hydrogen-bond donors (Lipinski definition) is 0. The second-order valence-corrected chi connectivity index (χ2v) is 13.3. The normalized spacial score (nSPS) is 31.1. The van der Waals surface area contributed by atoms with Gasteiger partial charge in [0.05, 0.1) is 12.7 Å². The van der Waals surface area contributed by atoms with Crippen LogP contribution in [0.15, 0.2) is 30.3 Å². The molecular formula is C19H28O5Si. The molecule has 0 saturated carbocycles. The highest BCUT2D eigenvalue weighted by molar-refractivity contribution is 7.03. The van der Waals surface area contributed by atoms with Crippen molar-refractivity contribution < 1.29 is 23.7 Å². The van der Waals surface area contributed by atoms with E-state index in [4.69, 9.17) is 18.9 Å². The number of carbonyl (C=O) groups is 1. The van der Waals surface area contributed by atoms with E-state index in [1.165, 1.54) is 0 Å². The van der Waals surface area contributed by atoms with E-state index in [2.05, 4.69) is 19.6 Å². The van der Waals surface area contributed by atoms with Crippen molar-refractivity contribution in [2.75, 3.05) is 0 Å². The minimum Gasteiger partial charge on any atom is -0.368 e. The fraction of sp³-hybridized carbons (Fsp3) is 0.632. The molecule has 0 aromatic heterocycles. The Morgan fingerprint density at radius 2 is 1.84 bits per heavy atom. The Labute approximate surface area is 150 Å². The van der Waals surface area contributed by atoms with Crippen LogP contribution in [0.2, 0.25) is 19.6 Å². The summed E-state index contributed by atoms with van der Waals surface area (Å²) in [6.45, 7) is 10.4. The largest absolute Gasteiger partial charge is 0.368 e. The zero-order valence-corrected chi connectivity index (χ0v) is 16.7. The molecule has 138 valence electrons. The van der Waals surface area contributed by atoms with Crippen LogP contribution in [-0.4, -0.2) is 43.9 Å². The summed E-state index contributed by atoms with van der Waals surface area (Å²) in [5.41, 5.74) is 1.08. The number of ether oxygens (including phenoxy) is 4. The maximum absolute atomic E-state index is 12.5. The van der Waals surface area contributed by atoms with Gasteiger partial charge >= 0.3 is 0 Å². The molecule has 2 saturated heterocycles. The molecular weight excluding hydrogens is 336 g/mol. The molecule has 0 radical (unpaired) electrons. The Bertz CT molecular complexity index is 610. The molecule has 5 nitrogen and oxygen atoms in total. The van der Waals surface area contributed by atoms with Crippen molar-refractivity contribution in [3.05, 3.63) is 35.9 Å². The summed E-state index contributed by atoms with van der Waals surface area (Å²) in [5, 5.41) is 0.282. The highest BCUT2D eigenvalue weighted by Gasteiger charge is 2.55. The Morgan fingerprint density at radius 3 is 2.48 bits per heavy atom. The van der Waals surface area contributed by atoms with Crippen molar-refractivity contribution in [2.45, 2.75) is 76.9 Å². The van der Waals surface area contributed by atoms with Gasteiger partial charge in [-0.25, -0.2) is 0 Å². The van der Waals surface area contributed by atoms with E-state index < -0.39 is 20.2 Å². The molecule has 1 aromatic carbocycles. The number of hydrogen-bond acceptors (Lipinski definition) is 5. The van der Waals surface area contributed by atoms with E-state index in [1.807, 2.05) is 44.2 Å². The van der Waals surface area contributed by atoms with Crippen molar-refractivity contribution in [1.82, 2.24) is 0 Å². The van der Waals surface area contributed by atoms with Crippen LogP contribution in [0.5, 0.6) is 0 Å². The third-order valence-corrected chi connectivity index (χ3v) is 6.47. The molecule has 0 unspecified atom stereocenters. The SMILES string of the molecule is CC1(C)O[C@H]2O[C@H](CC(=O)[Si](C)(C)C)[C@H](OCc3ccccc3)[C@H]2O1. The first-order valence-corrected chi connectivity index (χ1v) is 12.4. The van der Waals surface area contributed by atoms with Gasteiger partial charge in [0.15, 0.2) is 12.1 Å². The summed E-state index contributed by atoms with van der Waals surface area (Å²) in [5.74, 6) is -0.697. The highest BCUT2D eigenvalue weighted by atomic mass is 28.3. The quantitative estimate of drug-likeness (QED) is 0.725. The summed E-state index contributed by atoms with van der Waals surface area (Å²) in [6, 6.07) is 9.98. The molecule has 6 heteroatoms. The number of carbonyl (C=O) groups excluding carboxylic acids is 1. The Morgan fingerprint density at radius 1 is 1.16 bits per heavy atom. The average molecular weight is 365 g/mol. The Balaban J connectivity index is 1.72. The number of rotatable bonds is 6. The molecule has 4 atom stereocenters. The Kier molecular flexibility index (Phi) is 5.19. The number of fused-ring (bicyclic) bond motifs is 1. The second kappa shape index (κ2) is 6.93. The molecule has 0 spiro atoms. The molecule has 0 N–H and O–H groups in total. The fourth-order valence-electron chi connectivity index (χ4n) is 3.17. The van der Waals surface area contributed by atoms with Crippen LogP contribution < -0.4 is 0 Å². The van der Waals surface area contributed by atoms with Crippen LogP contribution in [0.1, 0.15) is 25.8 Å². The molecule has 2 fully saturated rings. The van der Waals surface area contributed by atoms with E-state index in [0.717, 1.165) is 5.56 Å². The summed E-state index contributed by atoms with van der Waals surface area (Å²) in [4.78, 5) is 12.5. The molecule has 3 rings (SSSR count). The maximum Gasteiger partial charge on any atom is 0.190 e. The lowest BCUT2D eigenvalue weighted by molar-refractivity contribution is -0.219. The standard InChI is InChI=1S/C19H28O5Si/c1-19(2)23-17-16(21-12-13-9-7-6-8-10-13)14(22-18(17)24-19)11-15(20)25(3,4)5/h6-10,14,16-18H,11-12H2,1-5H3/t14-,16+,17-,18-/m1/s1. The summed E-state index contributed by atoms with van der Waals surface area (Å²) < 4.78 is 24.0. The van der Waals surface area contributed by atoms with Crippen LogP contribution in [0, 0.1) is 0 Å². The first kappa shape index (κ1) is 18.7. The van der Waals surface area contributed by atoms with E-state index in [0.29, 0.717) is 13.0 Å². The van der Waals surface area contributed by atoms with Gasteiger partial charge < -0.3 is 23.7 Å². The average Bonchev–Trinajstić information content (AvgIpc) is 2.97. The molecule has 1 aromatic rings. The van der Waals surface area contributed by atoms with Crippen LogP contribution in [0.25, 0.3) is 0 Å². The number of benzene rings is 1. The molecule has 2 heterocycles. The molecule has 0 aliphatic carbocycles. The highest BCUT2D eigenvalue weighted by Crippen LogP contribution is 2.40. The van der Waals surface area contributed by atoms with Crippen LogP contribution >= 0.6 is 0 Å². The summed E-state index contributed by atoms with van der Waals surface area (Å²) in [6.07, 6.45) is -1.07. The van der Waals surface area contributed by atoms with E-state index in [-0.39, 0.29) is 23.7 Å². The molecule has 0 bridgehead atoms. The van der Waals surface area contributed by atoms with Gasteiger partial charge in [-0.1, -0.05) is 50.0 Å². The lowest BCUT2D eigenvalue weighted by atomic mass is 10.1. The van der Waals surface area contributed by atoms with Gasteiger partial charge in [0.25, 0.3) is 0 Å². The van der Waals surface area contributed by atoms with Crippen molar-refractivity contribution >= 4 is 13.5 Å². The third kappa shape index (κ3) is 4.38. The smallest absolute Gasteiger partial charge is 0.190 e. The minimum atomic E-state index is -1.87. The maximum atomic E-state index is 12.5. The predicted molar refractivity (Wildman–Crippen MR) is 96.7 cm³/mol. The van der Waals surface area contributed by atoms with Crippen LogP contribution in [-0.2, 0) is 30.3 Å². The molecule has 2 aliphatic rings. The van der Waals surface area contributed by atoms with E-state index in [1.54, 1.807) is 0 Å². The van der Waals surface area contributed by atoms with E-state index in [9.17, 15) is 4.79 Å². The zero-order valence-electron chi connectivity index (χ0n) is 15.7. The van der Waals surface area contributed by atoms with Gasteiger partial charge in [0.1, 0.15) is 25.7 Å². The predicted octanol–water partition coefficient (Wildman–Crippen LogP) is 3.28. The summed E-state index contributed by atoms with van der Waals surface area (Å²) >= 11 is 0. The van der Waals surface area contributed by atoms with Gasteiger partial charge in [-0.15, -0.1) is 0 Å². The van der Waals surface area contributed by atoms with Gasteiger partial charge in [-0.05, 0) is 19.4 Å². The van der Waals surface area contributed by atoms with Crippen molar-refractivity contribution in [3.63, 3.8) is 0 Å². The lowest BCUT2D eigenvalue weighted by Gasteiger charge is -2.27. The third-order valence-electron chi connectivity index (χ3n) is 4.60. The minimum absolute atomic E-state index is 0.282. The fourth-order valence-corrected chi connectivity index (χ4v) is 3.98. The Hall–Kier alpha value is -1.05. The van der Waals surface area contributed by atoms with Crippen molar-refractivity contribution in [3.8, 4) is 0 Å². The van der Waals surface area contributed by atoms with Gasteiger partial charge in [-0.2, -0.15) is 0 Å². The molecule has 0 amide bonds. The van der Waals surface area contributed by atoms with Gasteiger partial charge in [0.2, 0.25) is 0 Å². The van der Waals surface area contributed by atoms with Gasteiger partial charge in [0, 0.05) is 6.42 Å². The van der Waals surface area contributed by atoms with Gasteiger partial charge in [-0.3, -0.25) is 0 Å². The zero-order chi connectivity index (χ0) is 18.2. The topological polar surface area (TPSA) is 54.0 Å². The first-order valence-electron chi connectivity index (χ1n) is 8.86. The van der Waals surface area contributed by atoms with Crippen molar-refractivity contribution in [2.24, 2.45) is 0 Å². The lowest BCUT2D eigenvalue weighted by Crippen LogP contribution is -2.42. The molecule has 2 aliphatic heterocycles. The molecule has 25 heavy (non-hydrogen) atoms. The van der Waals surface area contributed by atoms with E-state index >= 15 is 0 Å². The second-order valence-electron chi connectivity index (χ2n) is 8.28. The van der Waals surface area contributed by atoms with Crippen molar-refractivity contribution in [1.29, 1.82) is 0 Å².